The smallest absolute Gasteiger partial charge is 0.230 e. The monoisotopic (exact) mass is 272 g/mol. The number of rotatable bonds is 2. The summed E-state index contributed by atoms with van der Waals surface area (Å²) in [7, 11) is 0. The number of nitrogens with zero attached hydrogens (tertiary/aromatic N) is 2. The van der Waals surface area contributed by atoms with Crippen LogP contribution in [0.4, 0.5) is 0 Å². The molecule has 0 bridgehead atoms. The van der Waals surface area contributed by atoms with Crippen LogP contribution in [0.15, 0.2) is 22.7 Å². The highest BCUT2D eigenvalue weighted by molar-refractivity contribution is 7.22. The first-order valence-corrected chi connectivity index (χ1v) is 7.10. The summed E-state index contributed by atoms with van der Waals surface area (Å²) >= 11 is 1.59. The second-order valence-corrected chi connectivity index (χ2v) is 6.02. The number of aromatic nitrogens is 2. The molecular formula is C14H12N2O2S. The van der Waals surface area contributed by atoms with Crippen molar-refractivity contribution in [2.75, 3.05) is 0 Å². The molecule has 2 heterocycles. The predicted octanol–water partition coefficient (Wildman–Crippen LogP) is 3.84. The third-order valence-corrected chi connectivity index (χ3v) is 4.74. The molecule has 1 fully saturated rings. The van der Waals surface area contributed by atoms with E-state index in [0.717, 1.165) is 39.3 Å². The van der Waals surface area contributed by atoms with Crippen LogP contribution < -0.4 is 0 Å². The molecule has 96 valence electrons. The Morgan fingerprint density at radius 3 is 3.00 bits per heavy atom. The normalized spacial score (nSPS) is 15.2. The molecule has 0 spiro atoms. The number of phenols is 1. The van der Waals surface area contributed by atoms with Crippen LogP contribution in [-0.4, -0.2) is 15.2 Å². The lowest BCUT2D eigenvalue weighted by atomic mass is 10.1. The molecule has 4 nitrogen and oxygen atoms in total. The van der Waals surface area contributed by atoms with Gasteiger partial charge in [-0.1, -0.05) is 5.16 Å². The SMILES string of the molecule is Cc1c(-c2noc(C3CC3)n2)sc2cc(O)ccc12. The van der Waals surface area contributed by atoms with Crippen LogP contribution in [0.3, 0.4) is 0 Å². The molecule has 0 radical (unpaired) electrons. The summed E-state index contributed by atoms with van der Waals surface area (Å²) in [6.07, 6.45) is 2.31. The van der Waals surface area contributed by atoms with Gasteiger partial charge < -0.3 is 9.63 Å². The van der Waals surface area contributed by atoms with E-state index in [-0.39, 0.29) is 5.75 Å². The van der Waals surface area contributed by atoms with Crippen molar-refractivity contribution in [3.63, 3.8) is 0 Å². The van der Waals surface area contributed by atoms with E-state index < -0.39 is 0 Å². The molecule has 4 rings (SSSR count). The molecule has 1 aliphatic carbocycles. The van der Waals surface area contributed by atoms with Gasteiger partial charge in [0.15, 0.2) is 0 Å². The molecule has 0 amide bonds. The van der Waals surface area contributed by atoms with Gasteiger partial charge in [-0.25, -0.2) is 0 Å². The van der Waals surface area contributed by atoms with Crippen LogP contribution in [-0.2, 0) is 0 Å². The van der Waals surface area contributed by atoms with Gasteiger partial charge in [-0.05, 0) is 48.9 Å². The van der Waals surface area contributed by atoms with Crippen molar-refractivity contribution >= 4 is 21.4 Å². The Labute approximate surface area is 113 Å². The fraction of sp³-hybridized carbons (Fsp3) is 0.286. The Kier molecular flexibility index (Phi) is 2.20. The predicted molar refractivity (Wildman–Crippen MR) is 73.5 cm³/mol. The average molecular weight is 272 g/mol. The molecule has 0 atom stereocenters. The Morgan fingerprint density at radius 2 is 2.21 bits per heavy atom. The van der Waals surface area contributed by atoms with E-state index in [9.17, 15) is 5.11 Å². The Balaban J connectivity index is 1.86. The van der Waals surface area contributed by atoms with E-state index in [1.807, 2.05) is 6.07 Å². The van der Waals surface area contributed by atoms with Gasteiger partial charge >= 0.3 is 0 Å². The summed E-state index contributed by atoms with van der Waals surface area (Å²) in [4.78, 5) is 5.52. The highest BCUT2D eigenvalue weighted by atomic mass is 32.1. The summed E-state index contributed by atoms with van der Waals surface area (Å²) in [5, 5.41) is 14.8. The molecular weight excluding hydrogens is 260 g/mol. The van der Waals surface area contributed by atoms with Crippen molar-refractivity contribution in [3.05, 3.63) is 29.7 Å². The molecule has 2 aromatic heterocycles. The van der Waals surface area contributed by atoms with Gasteiger partial charge in [0.05, 0.1) is 4.88 Å². The van der Waals surface area contributed by atoms with E-state index >= 15 is 0 Å². The van der Waals surface area contributed by atoms with Crippen molar-refractivity contribution in [1.82, 2.24) is 10.1 Å². The number of benzene rings is 1. The van der Waals surface area contributed by atoms with Gasteiger partial charge in [0.2, 0.25) is 11.7 Å². The molecule has 1 aromatic carbocycles. The Bertz CT molecular complexity index is 771. The summed E-state index contributed by atoms with van der Waals surface area (Å²) in [6.45, 7) is 2.05. The topological polar surface area (TPSA) is 59.2 Å². The zero-order valence-corrected chi connectivity index (χ0v) is 11.2. The van der Waals surface area contributed by atoms with Crippen LogP contribution in [0.2, 0.25) is 0 Å². The van der Waals surface area contributed by atoms with Crippen molar-refractivity contribution < 1.29 is 9.63 Å². The lowest BCUT2D eigenvalue weighted by Gasteiger charge is -1.93. The van der Waals surface area contributed by atoms with Crippen molar-refractivity contribution in [1.29, 1.82) is 0 Å². The summed E-state index contributed by atoms with van der Waals surface area (Å²) in [6, 6.07) is 5.41. The van der Waals surface area contributed by atoms with Gasteiger partial charge in [-0.2, -0.15) is 4.98 Å². The maximum absolute atomic E-state index is 9.54. The Hall–Kier alpha value is -1.88. The molecule has 0 aliphatic heterocycles. The quantitative estimate of drug-likeness (QED) is 0.770. The summed E-state index contributed by atoms with van der Waals surface area (Å²) < 4.78 is 6.36. The van der Waals surface area contributed by atoms with E-state index in [1.165, 1.54) is 0 Å². The standard InChI is InChI=1S/C14H12N2O2S/c1-7-10-5-4-9(17)6-11(10)19-12(7)13-15-14(18-16-13)8-2-3-8/h4-6,8,17H,2-3H2,1H3. The van der Waals surface area contributed by atoms with Gasteiger partial charge in [-0.15, -0.1) is 11.3 Å². The Morgan fingerprint density at radius 1 is 1.37 bits per heavy atom. The molecule has 1 aliphatic rings. The zero-order valence-electron chi connectivity index (χ0n) is 10.4. The minimum Gasteiger partial charge on any atom is -0.508 e. The van der Waals surface area contributed by atoms with Gasteiger partial charge in [0, 0.05) is 10.6 Å². The maximum Gasteiger partial charge on any atom is 0.230 e. The largest absolute Gasteiger partial charge is 0.508 e. The lowest BCUT2D eigenvalue weighted by Crippen LogP contribution is -1.81. The van der Waals surface area contributed by atoms with Crippen molar-refractivity contribution in [2.45, 2.75) is 25.7 Å². The highest BCUT2D eigenvalue weighted by Gasteiger charge is 2.30. The molecule has 5 heteroatoms. The van der Waals surface area contributed by atoms with Crippen LogP contribution in [0.1, 0.15) is 30.2 Å². The third-order valence-electron chi connectivity index (χ3n) is 3.49. The van der Waals surface area contributed by atoms with E-state index in [0.29, 0.717) is 11.7 Å². The average Bonchev–Trinajstić information content (AvgIpc) is 3.04. The number of thiophene rings is 1. The van der Waals surface area contributed by atoms with Gasteiger partial charge in [0.25, 0.3) is 0 Å². The third kappa shape index (κ3) is 1.73. The van der Waals surface area contributed by atoms with Crippen LogP contribution in [0.25, 0.3) is 20.8 Å². The minimum atomic E-state index is 0.284. The fourth-order valence-corrected chi connectivity index (χ4v) is 3.42. The van der Waals surface area contributed by atoms with Crippen LogP contribution in [0.5, 0.6) is 5.75 Å². The molecule has 0 saturated heterocycles. The number of phenolic OH excluding ortho intramolecular Hbond substituents is 1. The fourth-order valence-electron chi connectivity index (χ4n) is 2.25. The number of hydrogen-bond donors (Lipinski definition) is 1. The zero-order chi connectivity index (χ0) is 13.0. The molecule has 0 unspecified atom stereocenters. The van der Waals surface area contributed by atoms with Crippen LogP contribution >= 0.6 is 11.3 Å². The van der Waals surface area contributed by atoms with E-state index in [1.54, 1.807) is 23.5 Å². The first kappa shape index (κ1) is 11.0. The highest BCUT2D eigenvalue weighted by Crippen LogP contribution is 2.42. The number of fused-ring (bicyclic) bond motifs is 1. The van der Waals surface area contributed by atoms with Crippen molar-refractivity contribution in [2.24, 2.45) is 0 Å². The maximum atomic E-state index is 9.54. The van der Waals surface area contributed by atoms with Gasteiger partial charge in [-0.3, -0.25) is 0 Å². The first-order chi connectivity index (χ1) is 9.22. The first-order valence-electron chi connectivity index (χ1n) is 6.28. The van der Waals surface area contributed by atoms with E-state index in [2.05, 4.69) is 17.1 Å². The van der Waals surface area contributed by atoms with Crippen molar-refractivity contribution in [3.8, 4) is 16.5 Å². The molecule has 19 heavy (non-hydrogen) atoms. The molecule has 1 saturated carbocycles. The number of hydrogen-bond acceptors (Lipinski definition) is 5. The van der Waals surface area contributed by atoms with E-state index in [4.69, 9.17) is 4.52 Å². The number of aryl methyl sites for hydroxylation is 1. The molecule has 3 aromatic rings. The van der Waals surface area contributed by atoms with Gasteiger partial charge in [0.1, 0.15) is 5.75 Å². The second kappa shape index (κ2) is 3.81. The lowest BCUT2D eigenvalue weighted by molar-refractivity contribution is 0.380. The molecule has 1 N–H and O–H groups in total. The van der Waals surface area contributed by atoms with Crippen LogP contribution in [0, 0.1) is 6.92 Å². The summed E-state index contributed by atoms with van der Waals surface area (Å²) in [5.41, 5.74) is 1.14. The number of aromatic hydroxyl groups is 1. The minimum absolute atomic E-state index is 0.284. The summed E-state index contributed by atoms with van der Waals surface area (Å²) in [5.74, 6) is 2.18. The second-order valence-electron chi connectivity index (χ2n) is 4.97.